The molecule has 0 saturated carbocycles. The Balaban J connectivity index is 2.57. The van der Waals surface area contributed by atoms with Gasteiger partial charge in [0.15, 0.2) is 0 Å². The van der Waals surface area contributed by atoms with E-state index in [1.807, 2.05) is 6.07 Å². The van der Waals surface area contributed by atoms with Crippen LogP contribution in [0.3, 0.4) is 0 Å². The van der Waals surface area contributed by atoms with Crippen LogP contribution in [0.25, 0.3) is 0 Å². The van der Waals surface area contributed by atoms with Gasteiger partial charge in [0, 0.05) is 10.7 Å². The Bertz CT molecular complexity index is 768. The van der Waals surface area contributed by atoms with Crippen molar-refractivity contribution in [3.63, 3.8) is 0 Å². The number of nitrogens with zero attached hydrogens (tertiary/aromatic N) is 1. The van der Waals surface area contributed by atoms with Gasteiger partial charge in [-0.1, -0.05) is 23.2 Å². The number of hydrogen-bond acceptors (Lipinski definition) is 4. The third-order valence-electron chi connectivity index (χ3n) is 2.74. The van der Waals surface area contributed by atoms with Crippen molar-refractivity contribution in [1.82, 2.24) is 0 Å². The predicted molar refractivity (Wildman–Crippen MR) is 83.8 cm³/mol. The molecule has 0 aliphatic rings. The predicted octanol–water partition coefficient (Wildman–Crippen LogP) is 3.29. The van der Waals surface area contributed by atoms with Crippen LogP contribution in [-0.4, -0.2) is 5.91 Å². The maximum atomic E-state index is 11.5. The topological polar surface area (TPSA) is 105 Å². The Labute approximate surface area is 131 Å². The van der Waals surface area contributed by atoms with E-state index in [4.69, 9.17) is 39.9 Å². The molecule has 106 valence electrons. The van der Waals surface area contributed by atoms with Crippen molar-refractivity contribution in [3.8, 4) is 6.07 Å². The number of halogens is 2. The zero-order chi connectivity index (χ0) is 15.6. The summed E-state index contributed by atoms with van der Waals surface area (Å²) in [5.41, 5.74) is 12.4. The normalized spacial score (nSPS) is 9.95. The molecule has 0 aromatic heterocycles. The van der Waals surface area contributed by atoms with Gasteiger partial charge in [0.2, 0.25) is 0 Å². The Kier molecular flexibility index (Phi) is 4.22. The summed E-state index contributed by atoms with van der Waals surface area (Å²) in [6.07, 6.45) is 0. The molecule has 0 aliphatic carbocycles. The van der Waals surface area contributed by atoms with Gasteiger partial charge in [0.25, 0.3) is 5.91 Å². The standard InChI is InChI=1S/C14H10Cl2N4O/c15-8-2-1-7(6-17)12(3-8)20-13-10(14(19)21)4-9(18)5-11(13)16/h1-5,20H,18H2,(H2,19,21). The first-order chi connectivity index (χ1) is 9.92. The lowest BCUT2D eigenvalue weighted by atomic mass is 10.1. The molecule has 5 N–H and O–H groups in total. The SMILES string of the molecule is N#Cc1ccc(Cl)cc1Nc1c(Cl)cc(N)cc1C(N)=O. The maximum absolute atomic E-state index is 11.5. The first kappa shape index (κ1) is 15.0. The zero-order valence-electron chi connectivity index (χ0n) is 10.7. The summed E-state index contributed by atoms with van der Waals surface area (Å²) in [6, 6.07) is 9.60. The van der Waals surface area contributed by atoms with E-state index in [0.29, 0.717) is 22.0 Å². The van der Waals surface area contributed by atoms with E-state index in [1.54, 1.807) is 18.2 Å². The zero-order valence-corrected chi connectivity index (χ0v) is 12.2. The lowest BCUT2D eigenvalue weighted by Crippen LogP contribution is -2.14. The van der Waals surface area contributed by atoms with E-state index in [-0.39, 0.29) is 16.3 Å². The highest BCUT2D eigenvalue weighted by atomic mass is 35.5. The molecular formula is C14H10Cl2N4O. The second kappa shape index (κ2) is 5.92. The van der Waals surface area contributed by atoms with Gasteiger partial charge in [-0.25, -0.2) is 0 Å². The van der Waals surface area contributed by atoms with Crippen molar-refractivity contribution in [3.05, 3.63) is 51.5 Å². The fourth-order valence-corrected chi connectivity index (χ4v) is 2.25. The smallest absolute Gasteiger partial charge is 0.250 e. The lowest BCUT2D eigenvalue weighted by Gasteiger charge is -2.14. The van der Waals surface area contributed by atoms with Gasteiger partial charge in [-0.05, 0) is 30.3 Å². The van der Waals surface area contributed by atoms with Crippen LogP contribution < -0.4 is 16.8 Å². The number of nitrogens with two attached hydrogens (primary N) is 2. The van der Waals surface area contributed by atoms with Crippen molar-refractivity contribution < 1.29 is 4.79 Å². The number of carbonyl (C=O) groups excluding carboxylic acids is 1. The minimum Gasteiger partial charge on any atom is -0.399 e. The van der Waals surface area contributed by atoms with Crippen LogP contribution in [0.1, 0.15) is 15.9 Å². The molecule has 0 saturated heterocycles. The highest BCUT2D eigenvalue weighted by Gasteiger charge is 2.15. The maximum Gasteiger partial charge on any atom is 0.250 e. The average molecular weight is 321 g/mol. The molecule has 1 amide bonds. The molecule has 0 aliphatic heterocycles. The molecule has 0 heterocycles. The fourth-order valence-electron chi connectivity index (χ4n) is 1.80. The molecule has 0 radical (unpaired) electrons. The number of nitrogen functional groups attached to an aromatic ring is 1. The second-order valence-electron chi connectivity index (χ2n) is 4.22. The van der Waals surface area contributed by atoms with Gasteiger partial charge in [-0.2, -0.15) is 5.26 Å². The molecule has 2 aromatic carbocycles. The van der Waals surface area contributed by atoms with Crippen molar-refractivity contribution >= 4 is 46.2 Å². The second-order valence-corrected chi connectivity index (χ2v) is 5.06. The molecule has 5 nitrogen and oxygen atoms in total. The van der Waals surface area contributed by atoms with Crippen molar-refractivity contribution in [2.45, 2.75) is 0 Å². The molecule has 0 atom stereocenters. The van der Waals surface area contributed by atoms with Crippen LogP contribution in [0, 0.1) is 11.3 Å². The summed E-state index contributed by atoms with van der Waals surface area (Å²) in [5, 5.41) is 12.7. The van der Waals surface area contributed by atoms with E-state index in [1.165, 1.54) is 12.1 Å². The first-order valence-electron chi connectivity index (χ1n) is 5.78. The number of nitrogens with one attached hydrogen (secondary N) is 1. The van der Waals surface area contributed by atoms with E-state index in [2.05, 4.69) is 5.32 Å². The fraction of sp³-hybridized carbons (Fsp3) is 0. The van der Waals surface area contributed by atoms with Crippen LogP contribution in [0.15, 0.2) is 30.3 Å². The molecule has 2 aromatic rings. The largest absolute Gasteiger partial charge is 0.399 e. The highest BCUT2D eigenvalue weighted by molar-refractivity contribution is 6.34. The number of amides is 1. The van der Waals surface area contributed by atoms with Crippen LogP contribution in [0.4, 0.5) is 17.1 Å². The minimum absolute atomic E-state index is 0.129. The average Bonchev–Trinajstić information content (AvgIpc) is 2.41. The molecular weight excluding hydrogens is 311 g/mol. The van der Waals surface area contributed by atoms with Crippen LogP contribution in [0.2, 0.25) is 10.0 Å². The summed E-state index contributed by atoms with van der Waals surface area (Å²) >= 11 is 12.0. The molecule has 2 rings (SSSR count). The van der Waals surface area contributed by atoms with E-state index >= 15 is 0 Å². The number of anilines is 3. The Morgan fingerprint density at radius 2 is 1.95 bits per heavy atom. The quantitative estimate of drug-likeness (QED) is 0.754. The molecule has 0 unspecified atom stereocenters. The summed E-state index contributed by atoms with van der Waals surface area (Å²) in [7, 11) is 0. The van der Waals surface area contributed by atoms with Gasteiger partial charge >= 0.3 is 0 Å². The van der Waals surface area contributed by atoms with Crippen molar-refractivity contribution in [2.75, 3.05) is 11.1 Å². The summed E-state index contributed by atoms with van der Waals surface area (Å²) in [5.74, 6) is -0.688. The van der Waals surface area contributed by atoms with Gasteiger partial charge in [-0.3, -0.25) is 4.79 Å². The molecule has 7 heteroatoms. The van der Waals surface area contributed by atoms with Gasteiger partial charge in [0.05, 0.1) is 27.5 Å². The first-order valence-corrected chi connectivity index (χ1v) is 6.53. The number of hydrogen-bond donors (Lipinski definition) is 3. The summed E-state index contributed by atoms with van der Waals surface area (Å²) in [4.78, 5) is 11.5. The van der Waals surface area contributed by atoms with Gasteiger partial charge in [0.1, 0.15) is 6.07 Å². The third kappa shape index (κ3) is 3.19. The van der Waals surface area contributed by atoms with Crippen molar-refractivity contribution in [2.24, 2.45) is 5.73 Å². The van der Waals surface area contributed by atoms with E-state index in [0.717, 1.165) is 0 Å². The Morgan fingerprint density at radius 1 is 1.24 bits per heavy atom. The monoisotopic (exact) mass is 320 g/mol. The van der Waals surface area contributed by atoms with Crippen molar-refractivity contribution in [1.29, 1.82) is 5.26 Å². The van der Waals surface area contributed by atoms with Crippen LogP contribution in [0.5, 0.6) is 0 Å². The van der Waals surface area contributed by atoms with E-state index < -0.39 is 5.91 Å². The third-order valence-corrected chi connectivity index (χ3v) is 3.27. The number of nitriles is 1. The molecule has 21 heavy (non-hydrogen) atoms. The highest BCUT2D eigenvalue weighted by Crippen LogP contribution is 2.33. The lowest BCUT2D eigenvalue weighted by molar-refractivity contribution is 0.100. The van der Waals surface area contributed by atoms with Crippen LogP contribution >= 0.6 is 23.2 Å². The number of carbonyl (C=O) groups is 1. The summed E-state index contributed by atoms with van der Waals surface area (Å²) in [6.45, 7) is 0. The Hall–Kier alpha value is -2.42. The van der Waals surface area contributed by atoms with Gasteiger partial charge in [-0.15, -0.1) is 0 Å². The van der Waals surface area contributed by atoms with Gasteiger partial charge < -0.3 is 16.8 Å². The molecule has 0 fully saturated rings. The van der Waals surface area contributed by atoms with E-state index in [9.17, 15) is 4.79 Å². The Morgan fingerprint density at radius 3 is 2.57 bits per heavy atom. The number of rotatable bonds is 3. The number of primary amides is 1. The minimum atomic E-state index is -0.688. The molecule has 0 bridgehead atoms. The van der Waals surface area contributed by atoms with Crippen LogP contribution in [-0.2, 0) is 0 Å². The molecule has 0 spiro atoms. The number of benzene rings is 2. The summed E-state index contributed by atoms with van der Waals surface area (Å²) < 4.78 is 0.